The Labute approximate surface area is 117 Å². The first-order chi connectivity index (χ1) is 9.49. The first kappa shape index (κ1) is 14.3. The van der Waals surface area contributed by atoms with E-state index in [1.54, 1.807) is 18.2 Å². The largest absolute Gasteiger partial charge is 0.439 e. The highest BCUT2D eigenvalue weighted by Gasteiger charge is 2.09. The number of nitrogens with zero attached hydrogens (tertiary/aromatic N) is 2. The Hall–Kier alpha value is -2.15. The molecule has 106 valence electrons. The van der Waals surface area contributed by atoms with Crippen LogP contribution in [0.5, 0.6) is 11.6 Å². The molecule has 6 nitrogen and oxygen atoms in total. The van der Waals surface area contributed by atoms with Crippen LogP contribution in [0.1, 0.15) is 6.92 Å². The summed E-state index contributed by atoms with van der Waals surface area (Å²) in [5.74, 6) is 1.41. The van der Waals surface area contributed by atoms with E-state index in [1.807, 2.05) is 6.92 Å². The average molecular weight is 293 g/mol. The van der Waals surface area contributed by atoms with Crippen LogP contribution in [0.3, 0.4) is 0 Å². The van der Waals surface area contributed by atoms with Crippen molar-refractivity contribution in [2.45, 2.75) is 11.8 Å². The SMILES string of the molecule is CCNc1cc(Oc2cccc(S(C)(=O)=O)c2)ncn1. The monoisotopic (exact) mass is 293 g/mol. The van der Waals surface area contributed by atoms with Crippen LogP contribution in [0, 0.1) is 0 Å². The van der Waals surface area contributed by atoms with E-state index in [2.05, 4.69) is 15.3 Å². The fourth-order valence-corrected chi connectivity index (χ4v) is 2.22. The van der Waals surface area contributed by atoms with Gasteiger partial charge in [-0.1, -0.05) is 6.07 Å². The Morgan fingerprint density at radius 3 is 2.75 bits per heavy atom. The van der Waals surface area contributed by atoms with Gasteiger partial charge in [-0.25, -0.2) is 18.4 Å². The third-order valence-corrected chi connectivity index (χ3v) is 3.57. The molecule has 0 amide bonds. The van der Waals surface area contributed by atoms with Crippen LogP contribution in [0.4, 0.5) is 5.82 Å². The third kappa shape index (κ3) is 3.67. The minimum atomic E-state index is -3.26. The summed E-state index contributed by atoms with van der Waals surface area (Å²) in [4.78, 5) is 8.22. The molecule has 2 aromatic rings. The highest BCUT2D eigenvalue weighted by molar-refractivity contribution is 7.90. The van der Waals surface area contributed by atoms with Gasteiger partial charge in [0, 0.05) is 18.9 Å². The molecular weight excluding hydrogens is 278 g/mol. The molecule has 1 heterocycles. The molecule has 20 heavy (non-hydrogen) atoms. The van der Waals surface area contributed by atoms with Gasteiger partial charge in [0.25, 0.3) is 0 Å². The van der Waals surface area contributed by atoms with E-state index in [9.17, 15) is 8.42 Å². The zero-order valence-corrected chi connectivity index (χ0v) is 12.0. The van der Waals surface area contributed by atoms with Crippen molar-refractivity contribution in [2.24, 2.45) is 0 Å². The number of ether oxygens (including phenoxy) is 1. The van der Waals surface area contributed by atoms with Gasteiger partial charge in [-0.15, -0.1) is 0 Å². The lowest BCUT2D eigenvalue weighted by atomic mass is 10.3. The molecule has 0 aliphatic rings. The van der Waals surface area contributed by atoms with Crippen molar-refractivity contribution < 1.29 is 13.2 Å². The van der Waals surface area contributed by atoms with Gasteiger partial charge in [-0.3, -0.25) is 0 Å². The summed E-state index contributed by atoms with van der Waals surface area (Å²) in [6.45, 7) is 2.69. The van der Waals surface area contributed by atoms with E-state index in [-0.39, 0.29) is 4.90 Å². The molecule has 0 fully saturated rings. The zero-order chi connectivity index (χ0) is 14.6. The van der Waals surface area contributed by atoms with E-state index in [1.165, 1.54) is 18.5 Å². The molecule has 0 aliphatic heterocycles. The fourth-order valence-electron chi connectivity index (χ4n) is 1.56. The number of hydrogen-bond acceptors (Lipinski definition) is 6. The molecule has 0 aliphatic carbocycles. The van der Waals surface area contributed by atoms with Crippen LogP contribution in [-0.4, -0.2) is 31.2 Å². The van der Waals surface area contributed by atoms with E-state index in [0.717, 1.165) is 12.8 Å². The van der Waals surface area contributed by atoms with Crippen molar-refractivity contribution in [3.8, 4) is 11.6 Å². The lowest BCUT2D eigenvalue weighted by molar-refractivity contribution is 0.460. The molecule has 2 rings (SSSR count). The molecule has 0 bridgehead atoms. The van der Waals surface area contributed by atoms with Gasteiger partial charge in [0.1, 0.15) is 17.9 Å². The molecule has 1 aromatic carbocycles. The maximum Gasteiger partial charge on any atom is 0.224 e. The standard InChI is InChI=1S/C13H15N3O3S/c1-3-14-12-8-13(16-9-15-12)19-10-5-4-6-11(7-10)20(2,17)18/h4-9H,3H2,1-2H3,(H,14,15,16). The summed E-state index contributed by atoms with van der Waals surface area (Å²) >= 11 is 0. The molecule has 0 unspecified atom stereocenters. The maximum absolute atomic E-state index is 11.5. The highest BCUT2D eigenvalue weighted by Crippen LogP contribution is 2.23. The normalized spacial score (nSPS) is 11.1. The summed E-state index contributed by atoms with van der Waals surface area (Å²) in [6, 6.07) is 7.93. The van der Waals surface area contributed by atoms with E-state index < -0.39 is 9.84 Å². The molecule has 1 N–H and O–H groups in total. The predicted molar refractivity (Wildman–Crippen MR) is 75.8 cm³/mol. The molecular formula is C13H15N3O3S. The molecule has 0 saturated carbocycles. The topological polar surface area (TPSA) is 81.2 Å². The van der Waals surface area contributed by atoms with Crippen LogP contribution >= 0.6 is 0 Å². The zero-order valence-electron chi connectivity index (χ0n) is 11.2. The van der Waals surface area contributed by atoms with Crippen molar-refractivity contribution in [3.05, 3.63) is 36.7 Å². The Bertz CT molecular complexity index is 702. The van der Waals surface area contributed by atoms with E-state index >= 15 is 0 Å². The van der Waals surface area contributed by atoms with Crippen molar-refractivity contribution in [1.82, 2.24) is 9.97 Å². The van der Waals surface area contributed by atoms with Crippen molar-refractivity contribution in [1.29, 1.82) is 0 Å². The van der Waals surface area contributed by atoms with Crippen molar-refractivity contribution >= 4 is 15.7 Å². The number of sulfone groups is 1. The molecule has 1 aromatic heterocycles. The van der Waals surface area contributed by atoms with Gasteiger partial charge < -0.3 is 10.1 Å². The fraction of sp³-hybridized carbons (Fsp3) is 0.231. The Morgan fingerprint density at radius 2 is 2.05 bits per heavy atom. The Morgan fingerprint density at radius 1 is 1.25 bits per heavy atom. The highest BCUT2D eigenvalue weighted by atomic mass is 32.2. The van der Waals surface area contributed by atoms with Crippen LogP contribution in [0.2, 0.25) is 0 Å². The average Bonchev–Trinajstić information content (AvgIpc) is 2.39. The number of nitrogens with one attached hydrogen (secondary N) is 1. The first-order valence-corrected chi connectivity index (χ1v) is 7.92. The number of benzene rings is 1. The van der Waals surface area contributed by atoms with Gasteiger partial charge in [-0.2, -0.15) is 0 Å². The first-order valence-electron chi connectivity index (χ1n) is 6.03. The lowest BCUT2D eigenvalue weighted by Crippen LogP contribution is -2.00. The minimum Gasteiger partial charge on any atom is -0.439 e. The summed E-state index contributed by atoms with van der Waals surface area (Å²) in [7, 11) is -3.26. The van der Waals surface area contributed by atoms with Gasteiger partial charge in [0.15, 0.2) is 9.84 Å². The smallest absolute Gasteiger partial charge is 0.224 e. The Kier molecular flexibility index (Phi) is 4.19. The molecule has 0 spiro atoms. The molecule has 7 heteroatoms. The Balaban J connectivity index is 2.24. The second kappa shape index (κ2) is 5.87. The van der Waals surface area contributed by atoms with Gasteiger partial charge >= 0.3 is 0 Å². The third-order valence-electron chi connectivity index (χ3n) is 2.46. The van der Waals surface area contributed by atoms with E-state index in [0.29, 0.717) is 17.4 Å². The minimum absolute atomic E-state index is 0.205. The molecule has 0 saturated heterocycles. The van der Waals surface area contributed by atoms with Gasteiger partial charge in [-0.05, 0) is 25.1 Å². The van der Waals surface area contributed by atoms with Crippen LogP contribution in [-0.2, 0) is 9.84 Å². The lowest BCUT2D eigenvalue weighted by Gasteiger charge is -2.07. The summed E-state index contributed by atoms with van der Waals surface area (Å²) in [5.41, 5.74) is 0. The number of anilines is 1. The summed E-state index contributed by atoms with van der Waals surface area (Å²) in [5, 5.41) is 3.04. The summed E-state index contributed by atoms with van der Waals surface area (Å²) < 4.78 is 28.5. The predicted octanol–water partition coefficient (Wildman–Crippen LogP) is 2.10. The van der Waals surface area contributed by atoms with Gasteiger partial charge in [0.2, 0.25) is 5.88 Å². The maximum atomic E-state index is 11.5. The van der Waals surface area contributed by atoms with Crippen LogP contribution in [0.15, 0.2) is 41.6 Å². The molecule has 0 atom stereocenters. The van der Waals surface area contributed by atoms with Crippen LogP contribution < -0.4 is 10.1 Å². The number of hydrogen-bond donors (Lipinski definition) is 1. The molecule has 0 radical (unpaired) electrons. The van der Waals surface area contributed by atoms with Crippen molar-refractivity contribution in [2.75, 3.05) is 18.1 Å². The van der Waals surface area contributed by atoms with Crippen LogP contribution in [0.25, 0.3) is 0 Å². The van der Waals surface area contributed by atoms with Crippen molar-refractivity contribution in [3.63, 3.8) is 0 Å². The second-order valence-corrected chi connectivity index (χ2v) is 6.14. The second-order valence-electron chi connectivity index (χ2n) is 4.12. The summed E-state index contributed by atoms with van der Waals surface area (Å²) in [6.07, 6.45) is 2.54. The van der Waals surface area contributed by atoms with Gasteiger partial charge in [0.05, 0.1) is 4.90 Å². The number of rotatable bonds is 5. The van der Waals surface area contributed by atoms with E-state index in [4.69, 9.17) is 4.74 Å². The number of aromatic nitrogens is 2. The quantitative estimate of drug-likeness (QED) is 0.909.